The molecule has 1 atom stereocenters. The molecule has 0 fully saturated rings. The molecule has 0 aliphatic heterocycles. The van der Waals surface area contributed by atoms with E-state index in [4.69, 9.17) is 14.2 Å². The number of esters is 2. The van der Waals surface area contributed by atoms with Crippen LogP contribution in [0.25, 0.3) is 0 Å². The summed E-state index contributed by atoms with van der Waals surface area (Å²) in [5.41, 5.74) is 0. The summed E-state index contributed by atoms with van der Waals surface area (Å²) in [6.45, 7) is 9.55. The highest BCUT2D eigenvalue weighted by molar-refractivity contribution is 5.76. The molecule has 51 heavy (non-hydrogen) atoms. The second kappa shape index (κ2) is 36.7. The molecule has 1 amide bonds. The molecular formula is C43H84N2O6. The molecule has 0 N–H and O–H groups in total. The first-order valence-electron chi connectivity index (χ1n) is 21.5. The number of hydrogen-bond donors (Lipinski definition) is 0. The van der Waals surface area contributed by atoms with Gasteiger partial charge in [0.15, 0.2) is 0 Å². The maximum Gasteiger partial charge on any atom is 0.306 e. The van der Waals surface area contributed by atoms with Gasteiger partial charge in [0, 0.05) is 45.4 Å². The molecule has 0 spiro atoms. The van der Waals surface area contributed by atoms with E-state index >= 15 is 0 Å². The van der Waals surface area contributed by atoms with Gasteiger partial charge in [0.1, 0.15) is 6.10 Å². The molecule has 1 unspecified atom stereocenters. The van der Waals surface area contributed by atoms with Crippen molar-refractivity contribution in [3.8, 4) is 0 Å². The van der Waals surface area contributed by atoms with Crippen LogP contribution in [0.5, 0.6) is 0 Å². The number of carbonyl (C=O) groups is 3. The van der Waals surface area contributed by atoms with Gasteiger partial charge >= 0.3 is 11.9 Å². The van der Waals surface area contributed by atoms with E-state index < -0.39 is 0 Å². The molecule has 302 valence electrons. The first-order valence-corrected chi connectivity index (χ1v) is 21.5. The molecule has 0 heterocycles. The Kier molecular flexibility index (Phi) is 35.5. The van der Waals surface area contributed by atoms with Gasteiger partial charge in [-0.2, -0.15) is 0 Å². The van der Waals surface area contributed by atoms with Gasteiger partial charge in [0.25, 0.3) is 0 Å². The molecule has 0 aromatic rings. The smallest absolute Gasteiger partial charge is 0.306 e. The van der Waals surface area contributed by atoms with Crippen LogP contribution < -0.4 is 0 Å². The van der Waals surface area contributed by atoms with E-state index in [0.717, 1.165) is 77.2 Å². The van der Waals surface area contributed by atoms with Gasteiger partial charge in [-0.15, -0.1) is 0 Å². The SMILES string of the molecule is CCCCCCCCC(CCCCCCCC)OC(=O)CCCCCCC(=O)OCC(COC)CN(CCCN(C)C)C(=O)CCCCCCC. The molecule has 0 saturated carbocycles. The molecule has 0 aromatic carbocycles. The number of hydrogen-bond acceptors (Lipinski definition) is 7. The summed E-state index contributed by atoms with van der Waals surface area (Å²) in [6.07, 6.45) is 28.3. The zero-order valence-corrected chi connectivity index (χ0v) is 34.6. The Morgan fingerprint density at radius 1 is 0.529 bits per heavy atom. The van der Waals surface area contributed by atoms with Crippen LogP contribution in [0.15, 0.2) is 0 Å². The van der Waals surface area contributed by atoms with E-state index in [-0.39, 0.29) is 36.5 Å². The van der Waals surface area contributed by atoms with Crippen LogP contribution in [0.4, 0.5) is 0 Å². The molecule has 0 aromatic heterocycles. The molecule has 0 rings (SSSR count). The van der Waals surface area contributed by atoms with E-state index in [1.807, 2.05) is 19.0 Å². The first-order chi connectivity index (χ1) is 24.8. The standard InChI is InChI=1S/C43H84N2O6/c1-7-10-13-16-19-23-29-40(30-24-20-17-14-11-8-2)51-43(48)33-27-22-21-26-32-42(47)50-38-39(37-49-6)36-45(35-28-34-44(4)5)41(46)31-25-18-15-12-9-3/h39-40H,7-38H2,1-6H3. The zero-order valence-electron chi connectivity index (χ0n) is 34.6. The van der Waals surface area contributed by atoms with Crippen molar-refractivity contribution in [2.45, 2.75) is 200 Å². The fourth-order valence-electron chi connectivity index (χ4n) is 6.62. The number of amides is 1. The Bertz CT molecular complexity index is 791. The van der Waals surface area contributed by atoms with E-state index in [0.29, 0.717) is 39.0 Å². The highest BCUT2D eigenvalue weighted by Gasteiger charge is 2.21. The summed E-state index contributed by atoms with van der Waals surface area (Å²) in [6, 6.07) is 0. The lowest BCUT2D eigenvalue weighted by molar-refractivity contribution is -0.150. The molecule has 0 radical (unpaired) electrons. The van der Waals surface area contributed by atoms with Crippen LogP contribution in [0.2, 0.25) is 0 Å². The lowest BCUT2D eigenvalue weighted by Crippen LogP contribution is -2.39. The van der Waals surface area contributed by atoms with Crippen molar-refractivity contribution in [3.05, 3.63) is 0 Å². The van der Waals surface area contributed by atoms with Crippen molar-refractivity contribution in [2.75, 3.05) is 54.1 Å². The van der Waals surface area contributed by atoms with Gasteiger partial charge in [-0.3, -0.25) is 14.4 Å². The van der Waals surface area contributed by atoms with Crippen molar-refractivity contribution >= 4 is 17.8 Å². The molecule has 0 aliphatic carbocycles. The van der Waals surface area contributed by atoms with Crippen LogP contribution in [0.1, 0.15) is 194 Å². The Balaban J connectivity index is 4.54. The minimum absolute atomic E-state index is 0.0562. The molecular weight excluding hydrogens is 640 g/mol. The second-order valence-electron chi connectivity index (χ2n) is 15.3. The number of nitrogens with zero attached hydrogens (tertiary/aromatic N) is 2. The van der Waals surface area contributed by atoms with Gasteiger partial charge in [-0.25, -0.2) is 0 Å². The zero-order chi connectivity index (χ0) is 37.8. The Labute approximate surface area is 315 Å². The third-order valence-corrected chi connectivity index (χ3v) is 9.81. The predicted octanol–water partition coefficient (Wildman–Crippen LogP) is 10.7. The maximum atomic E-state index is 13.2. The molecule has 8 heteroatoms. The van der Waals surface area contributed by atoms with Crippen LogP contribution in [-0.4, -0.2) is 87.8 Å². The number of rotatable bonds is 38. The second-order valence-corrected chi connectivity index (χ2v) is 15.3. The summed E-state index contributed by atoms with van der Waals surface area (Å²) in [5.74, 6) is -0.137. The monoisotopic (exact) mass is 725 g/mol. The number of carbonyl (C=O) groups excluding carboxylic acids is 3. The summed E-state index contributed by atoms with van der Waals surface area (Å²) >= 11 is 0. The van der Waals surface area contributed by atoms with Crippen LogP contribution in [0.3, 0.4) is 0 Å². The minimum Gasteiger partial charge on any atom is -0.465 e. The van der Waals surface area contributed by atoms with Gasteiger partial charge in [0.05, 0.1) is 13.2 Å². The van der Waals surface area contributed by atoms with Crippen LogP contribution in [0, 0.1) is 5.92 Å². The predicted molar refractivity (Wildman–Crippen MR) is 213 cm³/mol. The molecule has 8 nitrogen and oxygen atoms in total. The Morgan fingerprint density at radius 2 is 1.00 bits per heavy atom. The van der Waals surface area contributed by atoms with Gasteiger partial charge in [-0.1, -0.05) is 124 Å². The van der Waals surface area contributed by atoms with E-state index in [2.05, 4.69) is 25.7 Å². The fraction of sp³-hybridized carbons (Fsp3) is 0.930. The van der Waals surface area contributed by atoms with Crippen LogP contribution >= 0.6 is 0 Å². The van der Waals surface area contributed by atoms with Crippen LogP contribution in [-0.2, 0) is 28.6 Å². The van der Waals surface area contributed by atoms with Crippen molar-refractivity contribution in [1.29, 1.82) is 0 Å². The van der Waals surface area contributed by atoms with E-state index in [9.17, 15) is 14.4 Å². The lowest BCUT2D eigenvalue weighted by atomic mass is 10.0. The van der Waals surface area contributed by atoms with Gasteiger partial charge in [0.2, 0.25) is 5.91 Å². The van der Waals surface area contributed by atoms with E-state index in [1.54, 1.807) is 7.11 Å². The average Bonchev–Trinajstić information content (AvgIpc) is 3.10. The summed E-state index contributed by atoms with van der Waals surface area (Å²) < 4.78 is 17.1. The summed E-state index contributed by atoms with van der Waals surface area (Å²) in [5, 5.41) is 0. The van der Waals surface area contributed by atoms with Crippen molar-refractivity contribution in [1.82, 2.24) is 9.80 Å². The quantitative estimate of drug-likeness (QED) is 0.0463. The highest BCUT2D eigenvalue weighted by Crippen LogP contribution is 2.18. The van der Waals surface area contributed by atoms with Gasteiger partial charge in [-0.05, 0) is 72.0 Å². The van der Waals surface area contributed by atoms with Crippen molar-refractivity contribution in [3.63, 3.8) is 0 Å². The average molecular weight is 725 g/mol. The van der Waals surface area contributed by atoms with Gasteiger partial charge < -0.3 is 24.0 Å². The normalized spacial score (nSPS) is 12.1. The largest absolute Gasteiger partial charge is 0.465 e. The third kappa shape index (κ3) is 32.7. The van der Waals surface area contributed by atoms with E-state index in [1.165, 1.54) is 83.5 Å². The summed E-state index contributed by atoms with van der Waals surface area (Å²) in [4.78, 5) is 42.6. The molecule has 0 bridgehead atoms. The highest BCUT2D eigenvalue weighted by atomic mass is 16.5. The topological polar surface area (TPSA) is 85.4 Å². The minimum atomic E-state index is -0.204. The summed E-state index contributed by atoms with van der Waals surface area (Å²) in [7, 11) is 5.75. The number of methoxy groups -OCH3 is 1. The third-order valence-electron chi connectivity index (χ3n) is 9.81. The number of ether oxygens (including phenoxy) is 3. The lowest BCUT2D eigenvalue weighted by Gasteiger charge is -2.28. The first kappa shape index (κ1) is 49.3. The molecule has 0 saturated heterocycles. The van der Waals surface area contributed by atoms with Crippen molar-refractivity contribution < 1.29 is 28.6 Å². The Hall–Kier alpha value is -1.67. The Morgan fingerprint density at radius 3 is 1.51 bits per heavy atom. The fourth-order valence-corrected chi connectivity index (χ4v) is 6.62. The molecule has 0 aliphatic rings. The van der Waals surface area contributed by atoms with Crippen molar-refractivity contribution in [2.24, 2.45) is 5.92 Å². The number of unbranched alkanes of at least 4 members (excludes halogenated alkanes) is 17. The maximum absolute atomic E-state index is 13.2.